The molecule has 3 rings (SSSR count). The molecule has 2 aromatic carbocycles. The molecular formula is C24H29FN2O3. The van der Waals surface area contributed by atoms with E-state index >= 15 is 0 Å². The number of rotatable bonds is 7. The molecule has 0 unspecified atom stereocenters. The molecule has 0 atom stereocenters. The maximum Gasteiger partial charge on any atom is 0.253 e. The van der Waals surface area contributed by atoms with E-state index in [-0.39, 0.29) is 30.8 Å². The Labute approximate surface area is 177 Å². The van der Waals surface area contributed by atoms with Gasteiger partial charge in [0, 0.05) is 25.9 Å². The van der Waals surface area contributed by atoms with E-state index in [2.05, 4.69) is 6.92 Å². The molecule has 1 aliphatic heterocycles. The molecule has 2 aromatic rings. The fourth-order valence-corrected chi connectivity index (χ4v) is 3.68. The lowest BCUT2D eigenvalue weighted by Crippen LogP contribution is -2.38. The molecule has 1 heterocycles. The van der Waals surface area contributed by atoms with Crippen molar-refractivity contribution < 1.29 is 18.7 Å². The highest BCUT2D eigenvalue weighted by molar-refractivity contribution is 5.94. The highest BCUT2D eigenvalue weighted by atomic mass is 19.1. The molecule has 6 heteroatoms. The minimum Gasteiger partial charge on any atom is -0.375 e. The molecule has 0 spiro atoms. The number of ether oxygens (including phenoxy) is 1. The van der Waals surface area contributed by atoms with Gasteiger partial charge < -0.3 is 14.5 Å². The predicted octanol–water partition coefficient (Wildman–Crippen LogP) is 3.81. The van der Waals surface area contributed by atoms with Crippen molar-refractivity contribution in [2.75, 3.05) is 31.7 Å². The predicted molar refractivity (Wildman–Crippen MR) is 115 cm³/mol. The fraction of sp³-hybridized carbons (Fsp3) is 0.417. The van der Waals surface area contributed by atoms with Crippen LogP contribution in [-0.2, 0) is 27.3 Å². The number of hydrogen-bond donors (Lipinski definition) is 0. The summed E-state index contributed by atoms with van der Waals surface area (Å²) in [6.45, 7) is 4.05. The normalized spacial score (nSPS) is 14.6. The fourth-order valence-electron chi connectivity index (χ4n) is 3.68. The molecule has 30 heavy (non-hydrogen) atoms. The number of amides is 2. The van der Waals surface area contributed by atoms with E-state index in [9.17, 15) is 14.0 Å². The Morgan fingerprint density at radius 1 is 1.10 bits per heavy atom. The summed E-state index contributed by atoms with van der Waals surface area (Å²) in [4.78, 5) is 28.6. The summed E-state index contributed by atoms with van der Waals surface area (Å²) in [7, 11) is 1.47. The van der Waals surface area contributed by atoms with Gasteiger partial charge in [0.15, 0.2) is 0 Å². The van der Waals surface area contributed by atoms with Gasteiger partial charge in [-0.15, -0.1) is 0 Å². The second-order valence-corrected chi connectivity index (χ2v) is 7.95. The number of piperidine rings is 1. The average Bonchev–Trinajstić information content (AvgIpc) is 2.73. The van der Waals surface area contributed by atoms with Gasteiger partial charge in [-0.2, -0.15) is 0 Å². The Morgan fingerprint density at radius 2 is 1.80 bits per heavy atom. The molecule has 1 aliphatic rings. The van der Waals surface area contributed by atoms with E-state index in [1.165, 1.54) is 19.2 Å². The van der Waals surface area contributed by atoms with E-state index in [1.807, 2.05) is 29.2 Å². The number of benzene rings is 2. The van der Waals surface area contributed by atoms with Gasteiger partial charge in [-0.1, -0.05) is 31.2 Å². The molecule has 5 nitrogen and oxygen atoms in total. The van der Waals surface area contributed by atoms with E-state index in [0.29, 0.717) is 23.6 Å². The summed E-state index contributed by atoms with van der Waals surface area (Å²) < 4.78 is 18.6. The zero-order valence-corrected chi connectivity index (χ0v) is 17.6. The molecule has 1 saturated heterocycles. The lowest BCUT2D eigenvalue weighted by Gasteiger charge is -2.30. The standard InChI is InChI=1S/C24H29FN2O3/c1-18-10-12-26(13-11-18)23(28)15-19-6-8-22(9-7-19)27(24(29)17-30-2)16-20-4-3-5-21(25)14-20/h3-9,14,18H,10-13,15-17H2,1-2H3. The smallest absolute Gasteiger partial charge is 0.253 e. The topological polar surface area (TPSA) is 49.9 Å². The number of likely N-dealkylation sites (tertiary alicyclic amines) is 1. The molecule has 0 saturated carbocycles. The zero-order valence-electron chi connectivity index (χ0n) is 17.6. The van der Waals surface area contributed by atoms with E-state index in [0.717, 1.165) is 31.5 Å². The minimum atomic E-state index is -0.340. The molecule has 0 bridgehead atoms. The Kier molecular flexibility index (Phi) is 7.57. The van der Waals surface area contributed by atoms with Crippen molar-refractivity contribution in [3.8, 4) is 0 Å². The summed E-state index contributed by atoms with van der Waals surface area (Å²) in [5, 5.41) is 0. The highest BCUT2D eigenvalue weighted by Gasteiger charge is 2.21. The minimum absolute atomic E-state index is 0.0665. The van der Waals surface area contributed by atoms with Crippen molar-refractivity contribution in [2.45, 2.75) is 32.7 Å². The van der Waals surface area contributed by atoms with Gasteiger partial charge in [0.05, 0.1) is 13.0 Å². The third-order valence-electron chi connectivity index (χ3n) is 5.54. The number of anilines is 1. The van der Waals surface area contributed by atoms with Crippen LogP contribution in [0.4, 0.5) is 10.1 Å². The molecule has 0 N–H and O–H groups in total. The van der Waals surface area contributed by atoms with Crippen LogP contribution in [0.5, 0.6) is 0 Å². The van der Waals surface area contributed by atoms with Crippen molar-refractivity contribution >= 4 is 17.5 Å². The van der Waals surface area contributed by atoms with Gasteiger partial charge in [-0.05, 0) is 54.2 Å². The lowest BCUT2D eigenvalue weighted by atomic mass is 9.98. The molecule has 0 aromatic heterocycles. The molecule has 1 fully saturated rings. The van der Waals surface area contributed by atoms with E-state index in [1.54, 1.807) is 17.0 Å². The van der Waals surface area contributed by atoms with Gasteiger partial charge in [0.1, 0.15) is 12.4 Å². The maximum atomic E-state index is 13.6. The van der Waals surface area contributed by atoms with Gasteiger partial charge in [0.25, 0.3) is 5.91 Å². The van der Waals surface area contributed by atoms with Crippen molar-refractivity contribution in [2.24, 2.45) is 5.92 Å². The number of halogens is 1. The van der Waals surface area contributed by atoms with Gasteiger partial charge >= 0.3 is 0 Å². The van der Waals surface area contributed by atoms with Gasteiger partial charge in [0.2, 0.25) is 5.91 Å². The van der Waals surface area contributed by atoms with Crippen LogP contribution in [0, 0.1) is 11.7 Å². The van der Waals surface area contributed by atoms with Crippen LogP contribution in [-0.4, -0.2) is 43.5 Å². The summed E-state index contributed by atoms with van der Waals surface area (Å²) in [6.07, 6.45) is 2.47. The van der Waals surface area contributed by atoms with Gasteiger partial charge in [-0.3, -0.25) is 9.59 Å². The van der Waals surface area contributed by atoms with Crippen LogP contribution in [0.2, 0.25) is 0 Å². The largest absolute Gasteiger partial charge is 0.375 e. The Bertz CT molecular complexity index is 861. The average molecular weight is 413 g/mol. The second kappa shape index (κ2) is 10.3. The number of carbonyl (C=O) groups excluding carboxylic acids is 2. The molecular weight excluding hydrogens is 383 g/mol. The van der Waals surface area contributed by atoms with Crippen molar-refractivity contribution in [3.05, 3.63) is 65.5 Å². The van der Waals surface area contributed by atoms with Crippen LogP contribution in [0.3, 0.4) is 0 Å². The number of hydrogen-bond acceptors (Lipinski definition) is 3. The Hall–Kier alpha value is -2.73. The molecule has 160 valence electrons. The number of carbonyl (C=O) groups is 2. The van der Waals surface area contributed by atoms with Crippen LogP contribution in [0.1, 0.15) is 30.9 Å². The summed E-state index contributed by atoms with van der Waals surface area (Å²) >= 11 is 0. The van der Waals surface area contributed by atoms with Crippen LogP contribution in [0.15, 0.2) is 48.5 Å². The zero-order chi connectivity index (χ0) is 21.5. The maximum absolute atomic E-state index is 13.6. The van der Waals surface area contributed by atoms with E-state index < -0.39 is 0 Å². The summed E-state index contributed by atoms with van der Waals surface area (Å²) in [5.41, 5.74) is 2.29. The van der Waals surface area contributed by atoms with Crippen molar-refractivity contribution in [3.63, 3.8) is 0 Å². The number of methoxy groups -OCH3 is 1. The van der Waals surface area contributed by atoms with Crippen LogP contribution < -0.4 is 4.90 Å². The lowest BCUT2D eigenvalue weighted by molar-refractivity contribution is -0.131. The highest BCUT2D eigenvalue weighted by Crippen LogP contribution is 2.21. The quantitative estimate of drug-likeness (QED) is 0.695. The first kappa shape index (κ1) is 22.0. The second-order valence-electron chi connectivity index (χ2n) is 7.95. The molecule has 0 radical (unpaired) electrons. The first-order valence-corrected chi connectivity index (χ1v) is 10.4. The third-order valence-corrected chi connectivity index (χ3v) is 5.54. The number of nitrogens with zero attached hydrogens (tertiary/aromatic N) is 2. The Balaban J connectivity index is 1.70. The first-order chi connectivity index (χ1) is 14.5. The monoisotopic (exact) mass is 412 g/mol. The van der Waals surface area contributed by atoms with Gasteiger partial charge in [-0.25, -0.2) is 4.39 Å². The first-order valence-electron chi connectivity index (χ1n) is 10.4. The summed E-state index contributed by atoms with van der Waals surface area (Å²) in [5.74, 6) is 0.268. The Morgan fingerprint density at radius 3 is 2.43 bits per heavy atom. The molecule has 2 amide bonds. The summed E-state index contributed by atoms with van der Waals surface area (Å²) in [6, 6.07) is 13.6. The van der Waals surface area contributed by atoms with Crippen molar-refractivity contribution in [1.82, 2.24) is 4.90 Å². The SMILES string of the molecule is COCC(=O)N(Cc1cccc(F)c1)c1ccc(CC(=O)N2CCC(C)CC2)cc1. The van der Waals surface area contributed by atoms with Crippen LogP contribution >= 0.6 is 0 Å². The van der Waals surface area contributed by atoms with E-state index in [4.69, 9.17) is 4.74 Å². The van der Waals surface area contributed by atoms with Crippen LogP contribution in [0.25, 0.3) is 0 Å². The third kappa shape index (κ3) is 5.89. The molecule has 0 aliphatic carbocycles. The van der Waals surface area contributed by atoms with Crippen molar-refractivity contribution in [1.29, 1.82) is 0 Å².